The smallest absolute Gasteiger partial charge is 0.140 e. The van der Waals surface area contributed by atoms with Crippen LogP contribution >= 0.6 is 0 Å². The molecule has 0 amide bonds. The van der Waals surface area contributed by atoms with Crippen molar-refractivity contribution in [2.75, 3.05) is 18.8 Å². The third-order valence-corrected chi connectivity index (χ3v) is 6.26. The molecule has 106 valence electrons. The first kappa shape index (κ1) is 14.3. The zero-order chi connectivity index (χ0) is 13.9. The average molecular weight is 281 g/mol. The second-order valence-electron chi connectivity index (χ2n) is 4.87. The van der Waals surface area contributed by atoms with Crippen molar-refractivity contribution in [3.05, 3.63) is 24.3 Å². The molecule has 0 radical (unpaired) electrons. The van der Waals surface area contributed by atoms with E-state index in [4.69, 9.17) is 5.73 Å². The normalized spacial score (nSPS) is 18.9. The van der Waals surface area contributed by atoms with Crippen molar-refractivity contribution in [2.45, 2.75) is 44.0 Å². The van der Waals surface area contributed by atoms with Gasteiger partial charge in [-0.05, 0) is 37.5 Å². The molecular formula is C14H23N3OS. The summed E-state index contributed by atoms with van der Waals surface area (Å²) < 4.78 is 20.0. The summed E-state index contributed by atoms with van der Waals surface area (Å²) in [5.41, 5.74) is 6.47. The highest BCUT2D eigenvalue weighted by Gasteiger charge is 2.25. The Hall–Kier alpha value is -1.07. The van der Waals surface area contributed by atoms with Crippen LogP contribution in [0.15, 0.2) is 33.5 Å². The molecule has 1 saturated carbocycles. The molecule has 1 aliphatic carbocycles. The fourth-order valence-corrected chi connectivity index (χ4v) is 4.64. The number of hydrogen-bond donors (Lipinski definition) is 1. The molecule has 1 aromatic carbocycles. The third kappa shape index (κ3) is 2.92. The molecule has 1 atom stereocenters. The minimum absolute atomic E-state index is 0.245. The van der Waals surface area contributed by atoms with Crippen LogP contribution in [-0.2, 0) is 9.92 Å². The van der Waals surface area contributed by atoms with Crippen LogP contribution in [0.2, 0.25) is 0 Å². The van der Waals surface area contributed by atoms with Gasteiger partial charge in [-0.3, -0.25) is 0 Å². The number of hydrogen-bond acceptors (Lipinski definition) is 3. The minimum atomic E-state index is -2.51. The lowest BCUT2D eigenvalue weighted by Gasteiger charge is -2.28. The van der Waals surface area contributed by atoms with E-state index >= 15 is 0 Å². The van der Waals surface area contributed by atoms with Crippen molar-refractivity contribution in [1.82, 2.24) is 4.31 Å². The van der Waals surface area contributed by atoms with E-state index in [9.17, 15) is 4.21 Å². The van der Waals surface area contributed by atoms with Gasteiger partial charge in [-0.1, -0.05) is 19.9 Å². The van der Waals surface area contributed by atoms with Gasteiger partial charge < -0.3 is 5.73 Å². The molecule has 0 aliphatic heterocycles. The highest BCUT2D eigenvalue weighted by molar-refractivity contribution is 7.91. The van der Waals surface area contributed by atoms with Crippen molar-refractivity contribution >= 4 is 15.6 Å². The van der Waals surface area contributed by atoms with E-state index in [2.05, 4.69) is 4.36 Å². The summed E-state index contributed by atoms with van der Waals surface area (Å²) in [6.45, 7) is 5.48. The average Bonchev–Trinajstić information content (AvgIpc) is 2.35. The molecule has 0 aromatic heterocycles. The highest BCUT2D eigenvalue weighted by Crippen LogP contribution is 2.28. The maximum atomic E-state index is 13.4. The lowest BCUT2D eigenvalue weighted by atomic mass is 9.95. The maximum absolute atomic E-state index is 13.4. The first-order valence-corrected chi connectivity index (χ1v) is 8.44. The van der Waals surface area contributed by atoms with Gasteiger partial charge in [0.25, 0.3) is 0 Å². The number of rotatable bonds is 5. The van der Waals surface area contributed by atoms with E-state index < -0.39 is 9.92 Å². The minimum Gasteiger partial charge on any atom is -0.399 e. The van der Waals surface area contributed by atoms with E-state index in [1.54, 1.807) is 6.07 Å². The third-order valence-electron chi connectivity index (χ3n) is 3.59. The Balaban J connectivity index is 2.50. The highest BCUT2D eigenvalue weighted by atomic mass is 32.2. The van der Waals surface area contributed by atoms with E-state index in [0.717, 1.165) is 30.8 Å². The van der Waals surface area contributed by atoms with Gasteiger partial charge in [0, 0.05) is 18.8 Å². The summed E-state index contributed by atoms with van der Waals surface area (Å²) >= 11 is 0. The van der Waals surface area contributed by atoms with Crippen molar-refractivity contribution in [1.29, 1.82) is 0 Å². The molecule has 0 spiro atoms. The molecule has 1 aliphatic rings. The van der Waals surface area contributed by atoms with Crippen LogP contribution in [0.5, 0.6) is 0 Å². The van der Waals surface area contributed by atoms with Crippen LogP contribution < -0.4 is 5.73 Å². The molecular weight excluding hydrogens is 258 g/mol. The number of benzene rings is 1. The number of anilines is 1. The Morgan fingerprint density at radius 2 is 2.05 bits per heavy atom. The largest absolute Gasteiger partial charge is 0.399 e. The zero-order valence-electron chi connectivity index (χ0n) is 11.7. The summed E-state index contributed by atoms with van der Waals surface area (Å²) in [6.07, 6.45) is 3.31. The van der Waals surface area contributed by atoms with E-state index in [1.165, 1.54) is 6.42 Å². The Morgan fingerprint density at radius 3 is 2.53 bits per heavy atom. The maximum Gasteiger partial charge on any atom is 0.140 e. The predicted octanol–water partition coefficient (Wildman–Crippen LogP) is 2.91. The van der Waals surface area contributed by atoms with Crippen LogP contribution in [0.4, 0.5) is 5.69 Å². The number of nitrogens with two attached hydrogens (primary N) is 1. The molecule has 1 aromatic rings. The standard InChI is InChI=1S/C14H23N3OS/c1-3-17(4-2)19(18,16-13-8-6-9-13)14-10-5-7-12(15)11-14/h5,7,10-11,13H,3-4,6,8-9,15H2,1-2H3. The molecule has 0 heterocycles. The van der Waals surface area contributed by atoms with Crippen molar-refractivity contribution in [2.24, 2.45) is 4.36 Å². The predicted molar refractivity (Wildman–Crippen MR) is 80.3 cm³/mol. The fraction of sp³-hybridized carbons (Fsp3) is 0.571. The summed E-state index contributed by atoms with van der Waals surface area (Å²) in [4.78, 5) is 0.739. The molecule has 19 heavy (non-hydrogen) atoms. The Labute approximate surface area is 116 Å². The summed E-state index contributed by atoms with van der Waals surface area (Å²) in [6, 6.07) is 7.58. The van der Waals surface area contributed by atoms with Gasteiger partial charge in [0.15, 0.2) is 0 Å². The van der Waals surface area contributed by atoms with Crippen molar-refractivity contribution in [3.63, 3.8) is 0 Å². The molecule has 2 N–H and O–H groups in total. The summed E-state index contributed by atoms with van der Waals surface area (Å²) in [7, 11) is -2.51. The molecule has 1 unspecified atom stereocenters. The fourth-order valence-electron chi connectivity index (χ4n) is 2.22. The van der Waals surface area contributed by atoms with Gasteiger partial charge in [-0.25, -0.2) is 12.9 Å². The Kier molecular flexibility index (Phi) is 4.47. The molecule has 4 nitrogen and oxygen atoms in total. The van der Waals surface area contributed by atoms with Crippen LogP contribution in [0.3, 0.4) is 0 Å². The van der Waals surface area contributed by atoms with Gasteiger partial charge in [-0.2, -0.15) is 0 Å². The SMILES string of the molecule is CCN(CC)S(=O)(=NC1CCC1)c1cccc(N)c1. The van der Waals surface area contributed by atoms with Crippen LogP contribution in [0.1, 0.15) is 33.1 Å². The van der Waals surface area contributed by atoms with Gasteiger partial charge >= 0.3 is 0 Å². The number of nitrogen functional groups attached to an aromatic ring is 1. The van der Waals surface area contributed by atoms with E-state index in [1.807, 2.05) is 36.4 Å². The zero-order valence-corrected chi connectivity index (χ0v) is 12.5. The molecule has 2 rings (SSSR count). The van der Waals surface area contributed by atoms with Crippen LogP contribution in [0, 0.1) is 0 Å². The first-order chi connectivity index (χ1) is 9.10. The summed E-state index contributed by atoms with van der Waals surface area (Å²) in [5, 5.41) is 0. The van der Waals surface area contributed by atoms with Gasteiger partial charge in [0.1, 0.15) is 9.92 Å². The lowest BCUT2D eigenvalue weighted by Crippen LogP contribution is -2.32. The van der Waals surface area contributed by atoms with Gasteiger partial charge in [0.2, 0.25) is 0 Å². The van der Waals surface area contributed by atoms with Gasteiger partial charge in [0.05, 0.1) is 10.9 Å². The van der Waals surface area contributed by atoms with Crippen LogP contribution in [-0.4, -0.2) is 27.6 Å². The first-order valence-electron chi connectivity index (χ1n) is 6.97. The van der Waals surface area contributed by atoms with E-state index in [-0.39, 0.29) is 6.04 Å². The van der Waals surface area contributed by atoms with Crippen molar-refractivity contribution in [3.8, 4) is 0 Å². The molecule has 0 saturated heterocycles. The van der Waals surface area contributed by atoms with Crippen LogP contribution in [0.25, 0.3) is 0 Å². The molecule has 5 heteroatoms. The van der Waals surface area contributed by atoms with Gasteiger partial charge in [-0.15, -0.1) is 0 Å². The Bertz CT molecular complexity index is 541. The Morgan fingerprint density at radius 1 is 1.37 bits per heavy atom. The molecule has 0 bridgehead atoms. The topological polar surface area (TPSA) is 58.7 Å². The molecule has 1 fully saturated rings. The second-order valence-corrected chi connectivity index (χ2v) is 7.07. The monoisotopic (exact) mass is 281 g/mol. The van der Waals surface area contributed by atoms with Crippen molar-refractivity contribution < 1.29 is 4.21 Å². The lowest BCUT2D eigenvalue weighted by molar-refractivity contribution is 0.413. The second kappa shape index (κ2) is 5.92. The quantitative estimate of drug-likeness (QED) is 0.844. The summed E-state index contributed by atoms with van der Waals surface area (Å²) in [5.74, 6) is 0. The number of nitrogens with zero attached hydrogens (tertiary/aromatic N) is 2. The van der Waals surface area contributed by atoms with E-state index in [0.29, 0.717) is 5.69 Å².